The summed E-state index contributed by atoms with van der Waals surface area (Å²) in [5, 5.41) is 17.9. The summed E-state index contributed by atoms with van der Waals surface area (Å²) in [7, 11) is 0. The van der Waals surface area contributed by atoms with Crippen molar-refractivity contribution in [2.75, 3.05) is 0 Å². The molecule has 0 amide bonds. The molecule has 0 fully saturated rings. The summed E-state index contributed by atoms with van der Waals surface area (Å²) in [5.74, 6) is 0.601. The Balaban J connectivity index is 1.62. The number of nitrogens with one attached hydrogen (secondary N) is 1. The van der Waals surface area contributed by atoms with Gasteiger partial charge in [0.15, 0.2) is 0 Å². The van der Waals surface area contributed by atoms with Crippen molar-refractivity contribution < 1.29 is 5.11 Å². The molecule has 28 heavy (non-hydrogen) atoms. The van der Waals surface area contributed by atoms with Gasteiger partial charge in [-0.05, 0) is 41.0 Å². The molecule has 3 aromatic carbocycles. The molecule has 140 valence electrons. The lowest BCUT2D eigenvalue weighted by Crippen LogP contribution is -2.17. The highest BCUT2D eigenvalue weighted by molar-refractivity contribution is 6.30. The van der Waals surface area contributed by atoms with Crippen molar-refractivity contribution in [3.63, 3.8) is 0 Å². The third-order valence-electron chi connectivity index (χ3n) is 4.60. The fourth-order valence-corrected chi connectivity index (χ4v) is 3.26. The zero-order chi connectivity index (χ0) is 19.5. The Morgan fingerprint density at radius 1 is 0.929 bits per heavy atom. The van der Waals surface area contributed by atoms with Gasteiger partial charge in [0.1, 0.15) is 11.9 Å². The highest BCUT2D eigenvalue weighted by Gasteiger charge is 2.13. The van der Waals surface area contributed by atoms with Crippen LogP contribution in [-0.2, 0) is 6.42 Å². The number of aliphatic hydroxyl groups is 1. The van der Waals surface area contributed by atoms with E-state index < -0.39 is 6.10 Å². The van der Waals surface area contributed by atoms with Crippen LogP contribution in [0.1, 0.15) is 28.6 Å². The first-order valence-corrected chi connectivity index (χ1v) is 9.24. The molecule has 2 N–H and O–H groups in total. The molecule has 6 heteroatoms. The molecule has 0 radical (unpaired) electrons. The van der Waals surface area contributed by atoms with Crippen LogP contribution in [0.3, 0.4) is 0 Å². The van der Waals surface area contributed by atoms with Crippen LogP contribution in [0.4, 0.5) is 0 Å². The molecule has 0 aliphatic carbocycles. The lowest BCUT2D eigenvalue weighted by Gasteiger charge is -2.12. The van der Waals surface area contributed by atoms with Gasteiger partial charge in [-0.1, -0.05) is 66.2 Å². The van der Waals surface area contributed by atoms with Crippen molar-refractivity contribution >= 4 is 11.6 Å². The Morgan fingerprint density at radius 2 is 1.57 bits per heavy atom. The molecule has 1 unspecified atom stereocenters. The molecule has 0 saturated heterocycles. The Kier molecular flexibility index (Phi) is 5.10. The Labute approximate surface area is 166 Å². The van der Waals surface area contributed by atoms with Crippen molar-refractivity contribution in [1.82, 2.24) is 14.8 Å². The third-order valence-corrected chi connectivity index (χ3v) is 4.85. The smallest absolute Gasteiger partial charge is 0.347 e. The van der Waals surface area contributed by atoms with Crippen LogP contribution in [0.5, 0.6) is 0 Å². The predicted octanol–water partition coefficient (Wildman–Crippen LogP) is 3.89. The number of aromatic nitrogens is 3. The van der Waals surface area contributed by atoms with E-state index >= 15 is 0 Å². The molecule has 1 aromatic heterocycles. The number of rotatable bonds is 5. The third kappa shape index (κ3) is 3.76. The topological polar surface area (TPSA) is 70.9 Å². The number of nitrogens with zero attached hydrogens (tertiary/aromatic N) is 2. The van der Waals surface area contributed by atoms with E-state index in [9.17, 15) is 9.90 Å². The Bertz CT molecular complexity index is 1120. The number of H-pyrrole nitrogens is 1. The average molecular weight is 392 g/mol. The fraction of sp³-hybridized carbons (Fsp3) is 0.0909. The maximum absolute atomic E-state index is 12.3. The molecule has 5 nitrogen and oxygen atoms in total. The van der Waals surface area contributed by atoms with E-state index in [1.54, 1.807) is 0 Å². The van der Waals surface area contributed by atoms with Crippen molar-refractivity contribution in [3.8, 4) is 5.69 Å². The summed E-state index contributed by atoms with van der Waals surface area (Å²) in [6.45, 7) is 0. The van der Waals surface area contributed by atoms with Crippen LogP contribution < -0.4 is 5.69 Å². The first kappa shape index (κ1) is 18.2. The van der Waals surface area contributed by atoms with Gasteiger partial charge in [-0.25, -0.2) is 14.5 Å². The van der Waals surface area contributed by atoms with Crippen LogP contribution in [0.2, 0.25) is 5.02 Å². The van der Waals surface area contributed by atoms with Gasteiger partial charge in [0.05, 0.1) is 5.69 Å². The van der Waals surface area contributed by atoms with Gasteiger partial charge in [-0.3, -0.25) is 0 Å². The van der Waals surface area contributed by atoms with Crippen molar-refractivity contribution in [1.29, 1.82) is 0 Å². The van der Waals surface area contributed by atoms with E-state index in [4.69, 9.17) is 11.6 Å². The molecule has 1 heterocycles. The summed E-state index contributed by atoms with van der Waals surface area (Å²) >= 11 is 5.93. The molecule has 0 aliphatic heterocycles. The van der Waals surface area contributed by atoms with Crippen LogP contribution in [-0.4, -0.2) is 19.9 Å². The van der Waals surface area contributed by atoms with E-state index in [1.807, 2.05) is 78.9 Å². The second-order valence-electron chi connectivity index (χ2n) is 6.49. The summed E-state index contributed by atoms with van der Waals surface area (Å²) in [5.41, 5.74) is 2.96. The minimum absolute atomic E-state index is 0.305. The van der Waals surface area contributed by atoms with Gasteiger partial charge in [-0.2, -0.15) is 5.10 Å². The number of aliphatic hydroxyl groups excluding tert-OH is 1. The van der Waals surface area contributed by atoms with Crippen molar-refractivity contribution in [2.24, 2.45) is 0 Å². The first-order chi connectivity index (χ1) is 13.6. The van der Waals surface area contributed by atoms with Crippen LogP contribution in [0.25, 0.3) is 5.69 Å². The number of halogens is 1. The van der Waals surface area contributed by atoms with Crippen LogP contribution in [0.15, 0.2) is 83.7 Å². The van der Waals surface area contributed by atoms with E-state index in [-0.39, 0.29) is 5.69 Å². The average Bonchev–Trinajstić information content (AvgIpc) is 3.10. The quantitative estimate of drug-likeness (QED) is 0.542. The zero-order valence-corrected chi connectivity index (χ0v) is 15.7. The standard InChI is InChI=1S/C22H18ClN3O2/c23-18-10-6-15(7-11-18)14-20-24-25-22(28)26(20)19-12-8-17(9-13-19)21(27)16-4-2-1-3-5-16/h1-13,21,27H,14H2,(H,25,28). The summed E-state index contributed by atoms with van der Waals surface area (Å²) in [6.07, 6.45) is -0.227. The Hall–Kier alpha value is -3.15. The van der Waals surface area contributed by atoms with Gasteiger partial charge in [0.25, 0.3) is 0 Å². The second-order valence-corrected chi connectivity index (χ2v) is 6.92. The molecule has 4 rings (SSSR count). The molecule has 0 spiro atoms. The minimum atomic E-state index is -0.718. The summed E-state index contributed by atoms with van der Waals surface area (Å²) in [4.78, 5) is 12.3. The highest BCUT2D eigenvalue weighted by atomic mass is 35.5. The molecular weight excluding hydrogens is 374 g/mol. The van der Waals surface area contributed by atoms with E-state index in [2.05, 4.69) is 10.2 Å². The molecule has 0 bridgehead atoms. The van der Waals surface area contributed by atoms with E-state index in [0.717, 1.165) is 16.7 Å². The fourth-order valence-electron chi connectivity index (χ4n) is 3.13. The second kappa shape index (κ2) is 7.84. The molecule has 0 saturated carbocycles. The zero-order valence-electron chi connectivity index (χ0n) is 14.9. The monoisotopic (exact) mass is 391 g/mol. The van der Waals surface area contributed by atoms with Gasteiger partial charge in [0.2, 0.25) is 0 Å². The number of benzene rings is 3. The van der Waals surface area contributed by atoms with E-state index in [0.29, 0.717) is 23.0 Å². The lowest BCUT2D eigenvalue weighted by atomic mass is 10.0. The van der Waals surface area contributed by atoms with Gasteiger partial charge in [0, 0.05) is 11.4 Å². The molecule has 1 atom stereocenters. The highest BCUT2D eigenvalue weighted by Crippen LogP contribution is 2.23. The molecule has 4 aromatic rings. The normalized spacial score (nSPS) is 12.1. The van der Waals surface area contributed by atoms with Crippen LogP contribution in [0, 0.1) is 0 Å². The van der Waals surface area contributed by atoms with Crippen molar-refractivity contribution in [2.45, 2.75) is 12.5 Å². The van der Waals surface area contributed by atoms with Crippen LogP contribution >= 0.6 is 11.6 Å². The predicted molar refractivity (Wildman–Crippen MR) is 109 cm³/mol. The molecular formula is C22H18ClN3O2. The van der Waals surface area contributed by atoms with Gasteiger partial charge >= 0.3 is 5.69 Å². The van der Waals surface area contributed by atoms with E-state index in [1.165, 1.54) is 4.57 Å². The number of aromatic amines is 1. The minimum Gasteiger partial charge on any atom is -0.384 e. The lowest BCUT2D eigenvalue weighted by molar-refractivity contribution is 0.220. The van der Waals surface area contributed by atoms with Gasteiger partial charge in [-0.15, -0.1) is 0 Å². The largest absolute Gasteiger partial charge is 0.384 e. The van der Waals surface area contributed by atoms with Gasteiger partial charge < -0.3 is 5.11 Å². The summed E-state index contributed by atoms with van der Waals surface area (Å²) in [6, 6.07) is 24.1. The first-order valence-electron chi connectivity index (χ1n) is 8.86. The number of hydrogen-bond acceptors (Lipinski definition) is 3. The van der Waals surface area contributed by atoms with Crippen molar-refractivity contribution in [3.05, 3.63) is 117 Å². The maximum atomic E-state index is 12.3. The maximum Gasteiger partial charge on any atom is 0.347 e. The summed E-state index contributed by atoms with van der Waals surface area (Å²) < 4.78 is 1.54. The Morgan fingerprint density at radius 3 is 2.25 bits per heavy atom. The SMILES string of the molecule is O=c1[nH]nc(Cc2ccc(Cl)cc2)n1-c1ccc(C(O)c2ccccc2)cc1. The number of hydrogen-bond donors (Lipinski definition) is 2. The molecule has 0 aliphatic rings.